The number of anilines is 1. The van der Waals surface area contributed by atoms with Gasteiger partial charge in [-0.2, -0.15) is 5.11 Å². The van der Waals surface area contributed by atoms with Crippen molar-refractivity contribution in [2.75, 3.05) is 16.7 Å². The number of fused-ring (bicyclic) bond motifs is 1. The Morgan fingerprint density at radius 1 is 0.885 bits per heavy atom. The van der Waals surface area contributed by atoms with Crippen molar-refractivity contribution in [2.24, 2.45) is 20.5 Å². The summed E-state index contributed by atoms with van der Waals surface area (Å²) in [5.41, 5.74) is -0.772. The zero-order valence-corrected chi connectivity index (χ0v) is 38.0. The normalized spacial score (nSPS) is 11.7. The zero-order chi connectivity index (χ0) is 43.4. The number of H-pyrrole nitrogens is 1. The number of hydrogen-bond acceptors (Lipinski definition) is 15. The van der Waals surface area contributed by atoms with Gasteiger partial charge in [0, 0.05) is 34.6 Å². The van der Waals surface area contributed by atoms with Gasteiger partial charge in [-0.05, 0) is 60.8 Å². The summed E-state index contributed by atoms with van der Waals surface area (Å²) in [7, 11) is -11.1. The molecule has 0 bridgehead atoms. The van der Waals surface area contributed by atoms with Gasteiger partial charge in [0.25, 0.3) is 16.9 Å². The number of phenolic OH excluding ortho intramolecular Hbond substituents is 2. The summed E-state index contributed by atoms with van der Waals surface area (Å²) in [6, 6.07) is 19.9. The summed E-state index contributed by atoms with van der Waals surface area (Å²) < 4.78 is 74.1. The van der Waals surface area contributed by atoms with Crippen molar-refractivity contribution < 1.29 is 97.5 Å². The fraction of sp³-hybridized carbons (Fsp3) is 0.114. The molecule has 0 aliphatic carbocycles. The topological polar surface area (TPSA) is 336 Å². The first-order valence-electron chi connectivity index (χ1n) is 16.7. The van der Waals surface area contributed by atoms with E-state index in [1.807, 2.05) is 0 Å². The number of phenols is 2. The standard InChI is InChI=1S/C19H19N3O6S2.C16H14N6O6S.Cr.Na/c1-3-30(27,28)13-8-10-16(23)15(11-13)20-21-19-17(24)9-7-12-5-4-6-14(18(12)19)22-29(2,25)26;1-9-15(19-18-13-8-11(22(25)26)5-6-14(13)23)16(24)21(20-9)10-3-2-4-12(7-10)29(17,27)28;;/h4-11,22-24H,3H2,1-2H3;2-8,20,23H,1H3,(H2,17,27,28);;/q;;;+1. The number of aryl methyl sites for hydroxylation is 1. The molecule has 314 valence electrons. The van der Waals surface area contributed by atoms with Crippen LogP contribution in [0, 0.1) is 17.0 Å². The van der Waals surface area contributed by atoms with E-state index in [1.54, 1.807) is 18.2 Å². The van der Waals surface area contributed by atoms with Crippen LogP contribution < -0.4 is 55.2 Å². The minimum atomic E-state index is -3.97. The van der Waals surface area contributed by atoms with E-state index in [2.05, 4.69) is 30.3 Å². The molecule has 1 aromatic heterocycles. The molecule has 0 aliphatic rings. The van der Waals surface area contributed by atoms with Gasteiger partial charge in [0.05, 0.1) is 54.9 Å². The van der Waals surface area contributed by atoms with E-state index in [9.17, 15) is 55.5 Å². The number of nitrogens with zero attached hydrogens (tertiary/aromatic N) is 5. The fourth-order valence-electron chi connectivity index (χ4n) is 5.27. The third kappa shape index (κ3) is 12.1. The van der Waals surface area contributed by atoms with E-state index in [-0.39, 0.29) is 119 Å². The molecule has 0 amide bonds. The molecular weight excluding hydrogens is 910 g/mol. The van der Waals surface area contributed by atoms with Gasteiger partial charge in [-0.15, -0.1) is 5.11 Å². The number of aromatic hydroxyl groups is 2. The molecule has 7 N–H and O–H groups in total. The Balaban J connectivity index is 0.000000315. The number of sulfone groups is 1. The number of nitrogens with two attached hydrogens (primary N) is 1. The number of nitro benzene ring substituents is 1. The number of azo groups is 2. The van der Waals surface area contributed by atoms with Crippen LogP contribution in [-0.2, 0) is 47.2 Å². The van der Waals surface area contributed by atoms with Crippen molar-refractivity contribution in [3.63, 3.8) is 0 Å². The number of primary sulfonamides is 1. The predicted molar refractivity (Wildman–Crippen MR) is 212 cm³/mol. The Kier molecular flexibility index (Phi) is 16.3. The molecule has 0 saturated heterocycles. The number of hydrogen-bond donors (Lipinski definition) is 6. The van der Waals surface area contributed by atoms with E-state index in [0.717, 1.165) is 29.1 Å². The SMILES string of the molecule is CCS(=O)(=O)c1ccc(O)c(N=[NH+]c2c(O)ccc3cccc(NS(C)(=O)=O)c23)c1.Cc1[nH]n(-c2cccc(S(N)(=O)=O)c2)c(=O)c1N=Nc1cc([N+](=O)[O-])ccc1[O-].[Cr].[Na+]. The molecule has 0 spiro atoms. The van der Waals surface area contributed by atoms with Crippen LogP contribution in [0.25, 0.3) is 16.5 Å². The molecule has 6 rings (SSSR count). The zero-order valence-electron chi connectivity index (χ0n) is 32.3. The number of aromatic amines is 1. The number of sulfonamides is 2. The number of rotatable bonds is 11. The molecule has 61 heavy (non-hydrogen) atoms. The van der Waals surface area contributed by atoms with Crippen LogP contribution in [0.15, 0.2) is 121 Å². The third-order valence-electron chi connectivity index (χ3n) is 8.15. The predicted octanol–water partition coefficient (Wildman–Crippen LogP) is 0.432. The molecule has 0 unspecified atom stereocenters. The van der Waals surface area contributed by atoms with Crippen LogP contribution in [0.1, 0.15) is 12.6 Å². The maximum absolute atomic E-state index is 12.6. The van der Waals surface area contributed by atoms with Gasteiger partial charge in [-0.3, -0.25) is 24.7 Å². The molecule has 1 heterocycles. The van der Waals surface area contributed by atoms with E-state index >= 15 is 0 Å². The van der Waals surface area contributed by atoms with Crippen LogP contribution >= 0.6 is 0 Å². The molecule has 0 radical (unpaired) electrons. The van der Waals surface area contributed by atoms with E-state index in [0.29, 0.717) is 10.8 Å². The van der Waals surface area contributed by atoms with E-state index in [4.69, 9.17) is 5.14 Å². The van der Waals surface area contributed by atoms with Gasteiger partial charge < -0.3 is 15.3 Å². The Morgan fingerprint density at radius 3 is 2.20 bits per heavy atom. The van der Waals surface area contributed by atoms with Gasteiger partial charge >= 0.3 is 29.6 Å². The van der Waals surface area contributed by atoms with Crippen molar-refractivity contribution in [1.82, 2.24) is 9.78 Å². The van der Waals surface area contributed by atoms with Crippen molar-refractivity contribution >= 4 is 74.8 Å². The fourth-order valence-corrected chi connectivity index (χ4v) is 7.30. The second-order valence-electron chi connectivity index (χ2n) is 12.4. The van der Waals surface area contributed by atoms with Gasteiger partial charge in [-0.25, -0.2) is 35.1 Å². The summed E-state index contributed by atoms with van der Waals surface area (Å²) >= 11 is 0. The molecule has 0 saturated carbocycles. The quantitative estimate of drug-likeness (QED) is 0.0339. The number of benzene rings is 5. The van der Waals surface area contributed by atoms with Crippen LogP contribution in [0.2, 0.25) is 0 Å². The minimum absolute atomic E-state index is 0. The number of nitro groups is 1. The molecular formula is C35H33CrN9NaO12S3+. The van der Waals surface area contributed by atoms with Crippen molar-refractivity contribution in [3.8, 4) is 22.9 Å². The van der Waals surface area contributed by atoms with Gasteiger partial charge in [-0.1, -0.05) is 48.1 Å². The van der Waals surface area contributed by atoms with Gasteiger partial charge in [0.2, 0.25) is 20.0 Å². The van der Waals surface area contributed by atoms with Crippen LogP contribution in [0.4, 0.5) is 34.1 Å². The van der Waals surface area contributed by atoms with E-state index < -0.39 is 46.1 Å². The molecule has 21 nitrogen and oxygen atoms in total. The molecule has 0 atom stereocenters. The summed E-state index contributed by atoms with van der Waals surface area (Å²) in [5, 5.41) is 65.9. The Morgan fingerprint density at radius 2 is 1.56 bits per heavy atom. The third-order valence-corrected chi connectivity index (χ3v) is 11.4. The molecule has 6 aromatic rings. The maximum Gasteiger partial charge on any atom is 1.00 e. The largest absolute Gasteiger partial charge is 1.00 e. The maximum atomic E-state index is 12.6. The summed E-state index contributed by atoms with van der Waals surface area (Å²) in [6.45, 7) is 3.02. The summed E-state index contributed by atoms with van der Waals surface area (Å²) in [6.07, 6.45) is 1.00. The number of non-ortho nitro benzene ring substituents is 1. The van der Waals surface area contributed by atoms with Crippen LogP contribution in [-0.4, -0.2) is 62.2 Å². The first-order chi connectivity index (χ1) is 27.6. The smallest absolute Gasteiger partial charge is 0.871 e. The average molecular weight is 943 g/mol. The minimum Gasteiger partial charge on any atom is -0.871 e. The average Bonchev–Trinajstić information content (AvgIpc) is 3.45. The second kappa shape index (κ2) is 19.9. The molecule has 0 aliphatic heterocycles. The summed E-state index contributed by atoms with van der Waals surface area (Å²) in [4.78, 5) is 22.6. The Hall–Kier alpha value is -5.49. The monoisotopic (exact) mass is 942 g/mol. The molecule has 5 aromatic carbocycles. The van der Waals surface area contributed by atoms with Crippen LogP contribution in [0.5, 0.6) is 17.2 Å². The molecule has 26 heteroatoms. The van der Waals surface area contributed by atoms with Crippen molar-refractivity contribution in [1.29, 1.82) is 0 Å². The van der Waals surface area contributed by atoms with Crippen molar-refractivity contribution in [2.45, 2.75) is 23.6 Å². The van der Waals surface area contributed by atoms with Gasteiger partial charge in [0.15, 0.2) is 27.0 Å². The first-order valence-corrected chi connectivity index (χ1v) is 21.8. The van der Waals surface area contributed by atoms with Gasteiger partial charge in [0.1, 0.15) is 5.75 Å². The van der Waals surface area contributed by atoms with Crippen LogP contribution in [0.3, 0.4) is 0 Å². The second-order valence-corrected chi connectivity index (χ2v) is 18.0. The Bertz CT molecular complexity index is 3110. The summed E-state index contributed by atoms with van der Waals surface area (Å²) in [5.74, 6) is -1.21. The Labute approximate surface area is 380 Å². The first kappa shape index (κ1) is 49.9. The van der Waals surface area contributed by atoms with E-state index in [1.165, 1.54) is 68.4 Å². The van der Waals surface area contributed by atoms with Crippen molar-refractivity contribution in [3.05, 3.63) is 117 Å². The number of aromatic nitrogens is 2. The molecule has 0 fully saturated rings. The number of nitrogens with one attached hydrogen (secondary N) is 3.